The van der Waals surface area contributed by atoms with Gasteiger partial charge in [0.05, 0.1) is 16.6 Å². The predicted molar refractivity (Wildman–Crippen MR) is 116 cm³/mol. The van der Waals surface area contributed by atoms with Crippen molar-refractivity contribution in [3.63, 3.8) is 0 Å². The van der Waals surface area contributed by atoms with Crippen LogP contribution in [0.3, 0.4) is 0 Å². The van der Waals surface area contributed by atoms with Crippen molar-refractivity contribution in [2.45, 2.75) is 5.92 Å². The molecule has 31 heavy (non-hydrogen) atoms. The summed E-state index contributed by atoms with van der Waals surface area (Å²) in [4.78, 5) is 28.1. The molecular formula is C24H19N3O4. The number of nitrogens with zero attached hydrogens (tertiary/aromatic N) is 2. The fourth-order valence-electron chi connectivity index (χ4n) is 4.16. The Labute approximate surface area is 177 Å². The Morgan fingerprint density at radius 3 is 2.32 bits per heavy atom. The van der Waals surface area contributed by atoms with Crippen molar-refractivity contribution in [1.29, 1.82) is 0 Å². The number of nitrogens with one attached hydrogen (secondary N) is 1. The number of aryl methyl sites for hydroxylation is 1. The Hall–Kier alpha value is -4.13. The molecule has 154 valence electrons. The zero-order valence-electron chi connectivity index (χ0n) is 16.7. The van der Waals surface area contributed by atoms with Crippen LogP contribution in [0.2, 0.25) is 0 Å². The number of ether oxygens (including phenoxy) is 1. The molecule has 0 saturated carbocycles. The van der Waals surface area contributed by atoms with Crippen LogP contribution < -0.4 is 5.32 Å². The highest BCUT2D eigenvalue weighted by atomic mass is 16.5. The van der Waals surface area contributed by atoms with Crippen LogP contribution in [-0.4, -0.2) is 33.3 Å². The van der Waals surface area contributed by atoms with E-state index in [2.05, 4.69) is 34.6 Å². The smallest absolute Gasteiger partial charge is 0.414 e. The SMILES string of the molecule is Cn1c(NC(=O)OCC2c3ccccc3-c3ccccc32)nc2ccc(C(=O)O)cc21. The van der Waals surface area contributed by atoms with Gasteiger partial charge < -0.3 is 14.4 Å². The van der Waals surface area contributed by atoms with Crippen molar-refractivity contribution in [2.75, 3.05) is 11.9 Å². The number of amides is 1. The third-order valence-corrected chi connectivity index (χ3v) is 5.69. The van der Waals surface area contributed by atoms with Crippen LogP contribution in [-0.2, 0) is 11.8 Å². The molecule has 2 N–H and O–H groups in total. The van der Waals surface area contributed by atoms with Crippen molar-refractivity contribution < 1.29 is 19.4 Å². The van der Waals surface area contributed by atoms with Crippen LogP contribution in [0.4, 0.5) is 10.7 Å². The molecule has 0 aliphatic heterocycles. The first-order valence-corrected chi connectivity index (χ1v) is 9.84. The summed E-state index contributed by atoms with van der Waals surface area (Å²) in [5.41, 5.74) is 5.95. The Morgan fingerprint density at radius 1 is 1.03 bits per heavy atom. The molecule has 7 nitrogen and oxygen atoms in total. The molecule has 3 aromatic carbocycles. The molecule has 0 atom stereocenters. The van der Waals surface area contributed by atoms with Crippen LogP contribution in [0.25, 0.3) is 22.2 Å². The zero-order valence-corrected chi connectivity index (χ0v) is 16.7. The van der Waals surface area contributed by atoms with E-state index in [1.807, 2.05) is 24.3 Å². The average molecular weight is 413 g/mol. The summed E-state index contributed by atoms with van der Waals surface area (Å²) in [6, 6.07) is 20.9. The predicted octanol–water partition coefficient (Wildman–Crippen LogP) is 4.63. The van der Waals surface area contributed by atoms with E-state index in [4.69, 9.17) is 4.74 Å². The van der Waals surface area contributed by atoms with E-state index >= 15 is 0 Å². The molecule has 0 radical (unpaired) electrons. The highest BCUT2D eigenvalue weighted by molar-refractivity contribution is 5.94. The van der Waals surface area contributed by atoms with E-state index in [1.165, 1.54) is 12.1 Å². The molecule has 1 aliphatic rings. The van der Waals surface area contributed by atoms with E-state index < -0.39 is 12.1 Å². The quantitative estimate of drug-likeness (QED) is 0.509. The van der Waals surface area contributed by atoms with Gasteiger partial charge in [0.1, 0.15) is 6.61 Å². The van der Waals surface area contributed by atoms with E-state index in [9.17, 15) is 14.7 Å². The van der Waals surface area contributed by atoms with Crippen LogP contribution in [0.5, 0.6) is 0 Å². The van der Waals surface area contributed by atoms with Crippen molar-refractivity contribution in [2.24, 2.45) is 7.05 Å². The second-order valence-corrected chi connectivity index (χ2v) is 7.45. The number of hydrogen-bond acceptors (Lipinski definition) is 4. The summed E-state index contributed by atoms with van der Waals surface area (Å²) in [5.74, 6) is -0.763. The van der Waals surface area contributed by atoms with Crippen molar-refractivity contribution in [3.8, 4) is 11.1 Å². The van der Waals surface area contributed by atoms with Crippen LogP contribution in [0.1, 0.15) is 27.4 Å². The maximum atomic E-state index is 12.5. The summed E-state index contributed by atoms with van der Waals surface area (Å²) in [5, 5.41) is 11.8. The molecule has 1 aliphatic carbocycles. The lowest BCUT2D eigenvalue weighted by Crippen LogP contribution is -2.19. The lowest BCUT2D eigenvalue weighted by molar-refractivity contribution is 0.0697. The zero-order chi connectivity index (χ0) is 21.5. The minimum absolute atomic E-state index is 0.0308. The van der Waals surface area contributed by atoms with Crippen molar-refractivity contribution in [1.82, 2.24) is 9.55 Å². The summed E-state index contributed by atoms with van der Waals surface area (Å²) in [6.07, 6.45) is -0.612. The topological polar surface area (TPSA) is 93.5 Å². The van der Waals surface area contributed by atoms with Gasteiger partial charge in [-0.25, -0.2) is 14.6 Å². The second kappa shape index (κ2) is 7.28. The third-order valence-electron chi connectivity index (χ3n) is 5.69. The van der Waals surface area contributed by atoms with E-state index in [-0.39, 0.29) is 24.0 Å². The van der Waals surface area contributed by atoms with E-state index in [0.29, 0.717) is 11.0 Å². The maximum Gasteiger partial charge on any atom is 0.414 e. The van der Waals surface area contributed by atoms with E-state index in [1.54, 1.807) is 17.7 Å². The van der Waals surface area contributed by atoms with E-state index in [0.717, 1.165) is 22.3 Å². The lowest BCUT2D eigenvalue weighted by Gasteiger charge is -2.14. The molecule has 1 amide bonds. The first-order valence-electron chi connectivity index (χ1n) is 9.84. The number of aromatic carboxylic acids is 1. The Balaban J connectivity index is 1.34. The summed E-state index contributed by atoms with van der Waals surface area (Å²) in [6.45, 7) is 0.201. The highest BCUT2D eigenvalue weighted by Gasteiger charge is 2.29. The lowest BCUT2D eigenvalue weighted by atomic mass is 9.98. The highest BCUT2D eigenvalue weighted by Crippen LogP contribution is 2.44. The Kier molecular flexibility index (Phi) is 4.43. The number of carboxylic acids is 1. The standard InChI is InChI=1S/C24H19N3O4/c1-27-21-12-14(22(28)29)10-11-20(21)25-23(27)26-24(30)31-13-19-17-8-4-2-6-15(17)16-7-3-5-9-18(16)19/h2-12,19H,13H2,1H3,(H,28,29)(H,25,26,30). The number of benzene rings is 3. The third kappa shape index (κ3) is 3.20. The summed E-state index contributed by atoms with van der Waals surface area (Å²) < 4.78 is 7.19. The second-order valence-electron chi connectivity index (χ2n) is 7.45. The summed E-state index contributed by atoms with van der Waals surface area (Å²) >= 11 is 0. The van der Waals surface area contributed by atoms with Gasteiger partial charge in [-0.3, -0.25) is 5.32 Å². The molecule has 0 unspecified atom stereocenters. The molecule has 4 aromatic rings. The Morgan fingerprint density at radius 2 is 1.68 bits per heavy atom. The van der Waals surface area contributed by atoms with Gasteiger partial charge in [0, 0.05) is 13.0 Å². The molecule has 1 heterocycles. The van der Waals surface area contributed by atoms with Gasteiger partial charge in [-0.15, -0.1) is 0 Å². The number of rotatable bonds is 4. The van der Waals surface area contributed by atoms with Crippen LogP contribution in [0, 0.1) is 0 Å². The first-order chi connectivity index (χ1) is 15.0. The number of fused-ring (bicyclic) bond motifs is 4. The molecule has 0 spiro atoms. The Bertz CT molecular complexity index is 1300. The minimum Gasteiger partial charge on any atom is -0.478 e. The van der Waals surface area contributed by atoms with Gasteiger partial charge >= 0.3 is 12.1 Å². The fraction of sp³-hybridized carbons (Fsp3) is 0.125. The molecular weight excluding hydrogens is 394 g/mol. The van der Waals surface area contributed by atoms with Gasteiger partial charge in [-0.1, -0.05) is 48.5 Å². The van der Waals surface area contributed by atoms with Crippen LogP contribution in [0.15, 0.2) is 66.7 Å². The number of carbonyl (C=O) groups is 2. The first kappa shape index (κ1) is 18.9. The van der Waals surface area contributed by atoms with Gasteiger partial charge in [0.25, 0.3) is 0 Å². The molecule has 5 rings (SSSR count). The number of anilines is 1. The van der Waals surface area contributed by atoms with Gasteiger partial charge in [0.15, 0.2) is 0 Å². The number of hydrogen-bond donors (Lipinski definition) is 2. The van der Waals surface area contributed by atoms with Gasteiger partial charge in [-0.05, 0) is 40.5 Å². The average Bonchev–Trinajstić information content (AvgIpc) is 3.26. The fourth-order valence-corrected chi connectivity index (χ4v) is 4.16. The minimum atomic E-state index is -1.02. The van der Waals surface area contributed by atoms with Crippen molar-refractivity contribution in [3.05, 3.63) is 83.4 Å². The molecule has 0 saturated heterocycles. The van der Waals surface area contributed by atoms with Crippen LogP contribution >= 0.6 is 0 Å². The number of carbonyl (C=O) groups excluding carboxylic acids is 1. The maximum absolute atomic E-state index is 12.5. The number of imidazole rings is 1. The van der Waals surface area contributed by atoms with Gasteiger partial charge in [-0.2, -0.15) is 0 Å². The number of carboxylic acid groups (broad SMARTS) is 1. The normalized spacial score (nSPS) is 12.4. The molecule has 0 bridgehead atoms. The largest absolute Gasteiger partial charge is 0.478 e. The number of aromatic nitrogens is 2. The van der Waals surface area contributed by atoms with Crippen molar-refractivity contribution >= 4 is 29.0 Å². The molecule has 1 aromatic heterocycles. The monoisotopic (exact) mass is 413 g/mol. The van der Waals surface area contributed by atoms with Gasteiger partial charge in [0.2, 0.25) is 5.95 Å². The summed E-state index contributed by atoms with van der Waals surface area (Å²) in [7, 11) is 1.71. The molecule has 0 fully saturated rings. The molecule has 7 heteroatoms.